The minimum absolute atomic E-state index is 0.285. The Morgan fingerprint density at radius 3 is 3.12 bits per heavy atom. The molecule has 0 bridgehead atoms. The number of Topliss-reactive ketones (excluding diaryl/α,β-unsaturated/α-hetero) is 1. The van der Waals surface area contributed by atoms with E-state index in [0.29, 0.717) is 17.9 Å². The van der Waals surface area contributed by atoms with Crippen molar-refractivity contribution >= 4 is 5.78 Å². The van der Waals surface area contributed by atoms with Gasteiger partial charge in [-0.05, 0) is 31.7 Å². The molecule has 0 spiro atoms. The van der Waals surface area contributed by atoms with E-state index < -0.39 is 0 Å². The second-order valence-corrected chi connectivity index (χ2v) is 5.29. The summed E-state index contributed by atoms with van der Waals surface area (Å²) in [6, 6.07) is 0.850. The lowest BCUT2D eigenvalue weighted by Gasteiger charge is -2.48. The van der Waals surface area contributed by atoms with Crippen LogP contribution >= 0.6 is 0 Å². The van der Waals surface area contributed by atoms with Crippen LogP contribution in [0.1, 0.15) is 12.8 Å². The highest BCUT2D eigenvalue weighted by molar-refractivity contribution is 6.02. The maximum Gasteiger partial charge on any atom is 0.165 e. The van der Waals surface area contributed by atoms with Crippen LogP contribution in [0.25, 0.3) is 0 Å². The third-order valence-electron chi connectivity index (χ3n) is 4.61. The number of ketones is 1. The summed E-state index contributed by atoms with van der Waals surface area (Å²) in [5.74, 6) is 0.712. The Hall–Kier alpha value is -1.09. The quantitative estimate of drug-likeness (QED) is 0.598. The molecule has 1 saturated carbocycles. The summed E-state index contributed by atoms with van der Waals surface area (Å²) in [6.45, 7) is 3.40. The molecule has 2 saturated heterocycles. The first kappa shape index (κ1) is 8.99. The molecule has 0 aromatic carbocycles. The van der Waals surface area contributed by atoms with Crippen LogP contribution in [0, 0.1) is 5.92 Å². The van der Waals surface area contributed by atoms with E-state index in [-0.39, 0.29) is 5.92 Å². The maximum absolute atomic E-state index is 12.3. The zero-order valence-electron chi connectivity index (χ0n) is 9.30. The summed E-state index contributed by atoms with van der Waals surface area (Å²) in [4.78, 5) is 17.3. The molecule has 3 unspecified atom stereocenters. The standard InChI is InChI=1S/C13H16N2O/c16-13-9-3-1-5-14-7-8-15-6-2-4-10(13)12(15)11(9)14/h1,3,5,10-12H,2,4,6-8H2. The van der Waals surface area contributed by atoms with Gasteiger partial charge < -0.3 is 4.90 Å². The first-order valence-corrected chi connectivity index (χ1v) is 6.29. The van der Waals surface area contributed by atoms with Gasteiger partial charge in [-0.1, -0.05) is 6.08 Å². The number of rotatable bonds is 0. The smallest absolute Gasteiger partial charge is 0.165 e. The second kappa shape index (κ2) is 2.98. The number of piperidine rings is 1. The fraction of sp³-hybridized carbons (Fsp3) is 0.615. The van der Waals surface area contributed by atoms with Gasteiger partial charge in [0.2, 0.25) is 0 Å². The Labute approximate surface area is 95.4 Å². The fourth-order valence-corrected chi connectivity index (χ4v) is 3.96. The molecule has 3 nitrogen and oxygen atoms in total. The summed E-state index contributed by atoms with van der Waals surface area (Å²) in [5, 5.41) is 0. The Kier molecular flexibility index (Phi) is 1.67. The van der Waals surface area contributed by atoms with E-state index in [1.807, 2.05) is 12.2 Å². The van der Waals surface area contributed by atoms with Crippen molar-refractivity contribution in [3.8, 4) is 0 Å². The number of carbonyl (C=O) groups is 1. The molecule has 3 fully saturated rings. The van der Waals surface area contributed by atoms with E-state index in [2.05, 4.69) is 16.0 Å². The Bertz CT molecular complexity index is 412. The second-order valence-electron chi connectivity index (χ2n) is 5.29. The third-order valence-corrected chi connectivity index (χ3v) is 4.61. The van der Waals surface area contributed by atoms with Gasteiger partial charge in [-0.15, -0.1) is 0 Å². The fourth-order valence-electron chi connectivity index (χ4n) is 3.96. The molecule has 4 aliphatic rings. The van der Waals surface area contributed by atoms with Gasteiger partial charge in [0, 0.05) is 30.6 Å². The minimum atomic E-state index is 0.285. The molecule has 3 heteroatoms. The van der Waals surface area contributed by atoms with Crippen LogP contribution < -0.4 is 0 Å². The molecule has 1 aliphatic carbocycles. The molecular weight excluding hydrogens is 200 g/mol. The summed E-state index contributed by atoms with van der Waals surface area (Å²) >= 11 is 0. The predicted molar refractivity (Wildman–Crippen MR) is 60.8 cm³/mol. The minimum Gasteiger partial charge on any atom is -0.367 e. The lowest BCUT2D eigenvalue weighted by Crippen LogP contribution is -2.59. The van der Waals surface area contributed by atoms with Crippen molar-refractivity contribution in [3.05, 3.63) is 23.9 Å². The van der Waals surface area contributed by atoms with E-state index in [1.54, 1.807) is 0 Å². The molecular formula is C13H16N2O. The normalized spacial score (nSPS) is 41.0. The number of hydrogen-bond acceptors (Lipinski definition) is 3. The van der Waals surface area contributed by atoms with Gasteiger partial charge in [0.05, 0.1) is 6.04 Å². The van der Waals surface area contributed by atoms with E-state index in [0.717, 1.165) is 25.1 Å². The van der Waals surface area contributed by atoms with Crippen molar-refractivity contribution in [2.24, 2.45) is 5.92 Å². The molecule has 3 atom stereocenters. The summed E-state index contributed by atoms with van der Waals surface area (Å²) in [5.41, 5.74) is 1.07. The largest absolute Gasteiger partial charge is 0.367 e. The molecule has 0 aromatic rings. The highest BCUT2D eigenvalue weighted by Crippen LogP contribution is 2.43. The number of piperazine rings is 1. The molecule has 84 valence electrons. The highest BCUT2D eigenvalue weighted by atomic mass is 16.1. The lowest BCUT2D eigenvalue weighted by molar-refractivity contribution is -0.120. The maximum atomic E-state index is 12.3. The molecule has 3 aliphatic heterocycles. The zero-order chi connectivity index (χ0) is 10.7. The lowest BCUT2D eigenvalue weighted by atomic mass is 9.88. The first-order valence-electron chi connectivity index (χ1n) is 6.29. The molecule has 0 amide bonds. The van der Waals surface area contributed by atoms with Gasteiger partial charge in [0.25, 0.3) is 0 Å². The average molecular weight is 216 g/mol. The summed E-state index contributed by atoms with van der Waals surface area (Å²) in [6.07, 6.45) is 8.54. The van der Waals surface area contributed by atoms with Gasteiger partial charge in [0.15, 0.2) is 5.78 Å². The van der Waals surface area contributed by atoms with Crippen LogP contribution in [-0.2, 0) is 4.79 Å². The van der Waals surface area contributed by atoms with Crippen LogP contribution in [0.5, 0.6) is 0 Å². The summed E-state index contributed by atoms with van der Waals surface area (Å²) in [7, 11) is 0. The Balaban J connectivity index is 1.84. The third kappa shape index (κ3) is 0.950. The van der Waals surface area contributed by atoms with Crippen LogP contribution in [0.2, 0.25) is 0 Å². The van der Waals surface area contributed by atoms with Crippen LogP contribution in [0.15, 0.2) is 23.9 Å². The Morgan fingerprint density at radius 1 is 1.25 bits per heavy atom. The highest BCUT2D eigenvalue weighted by Gasteiger charge is 2.53. The number of carbonyl (C=O) groups excluding carboxylic acids is 1. The van der Waals surface area contributed by atoms with Gasteiger partial charge in [-0.3, -0.25) is 9.69 Å². The molecule has 4 rings (SSSR count). The van der Waals surface area contributed by atoms with Gasteiger partial charge in [-0.25, -0.2) is 0 Å². The number of nitrogens with zero attached hydrogens (tertiary/aromatic N) is 2. The SMILES string of the molecule is O=C1C2=CC=CN3CCN4CCCC1C4C23. The number of allylic oxidation sites excluding steroid dienone is 2. The van der Waals surface area contributed by atoms with Crippen LogP contribution in [-0.4, -0.2) is 47.3 Å². The predicted octanol–water partition coefficient (Wildman–Crippen LogP) is 0.788. The molecule has 0 N–H and O–H groups in total. The van der Waals surface area contributed by atoms with Gasteiger partial charge in [-0.2, -0.15) is 0 Å². The van der Waals surface area contributed by atoms with Crippen LogP contribution in [0.4, 0.5) is 0 Å². The van der Waals surface area contributed by atoms with Crippen molar-refractivity contribution in [1.29, 1.82) is 0 Å². The van der Waals surface area contributed by atoms with E-state index in [9.17, 15) is 4.79 Å². The van der Waals surface area contributed by atoms with E-state index >= 15 is 0 Å². The topological polar surface area (TPSA) is 23.6 Å². The number of hydrogen-bond donors (Lipinski definition) is 0. The Morgan fingerprint density at radius 2 is 2.19 bits per heavy atom. The van der Waals surface area contributed by atoms with Crippen LogP contribution in [0.3, 0.4) is 0 Å². The van der Waals surface area contributed by atoms with E-state index in [4.69, 9.17) is 0 Å². The van der Waals surface area contributed by atoms with Crippen molar-refractivity contribution in [3.63, 3.8) is 0 Å². The monoisotopic (exact) mass is 216 g/mol. The molecule has 0 aromatic heterocycles. The molecule has 0 radical (unpaired) electrons. The van der Waals surface area contributed by atoms with Gasteiger partial charge >= 0.3 is 0 Å². The van der Waals surface area contributed by atoms with Crippen molar-refractivity contribution in [2.75, 3.05) is 19.6 Å². The first-order chi connectivity index (χ1) is 7.86. The van der Waals surface area contributed by atoms with Gasteiger partial charge in [0.1, 0.15) is 0 Å². The van der Waals surface area contributed by atoms with Crippen molar-refractivity contribution in [2.45, 2.75) is 24.9 Å². The van der Waals surface area contributed by atoms with E-state index in [1.165, 1.54) is 13.0 Å². The zero-order valence-corrected chi connectivity index (χ0v) is 9.30. The van der Waals surface area contributed by atoms with Crippen molar-refractivity contribution < 1.29 is 4.79 Å². The van der Waals surface area contributed by atoms with Crippen molar-refractivity contribution in [1.82, 2.24) is 9.80 Å². The average Bonchev–Trinajstić information content (AvgIpc) is 2.64. The molecule has 16 heavy (non-hydrogen) atoms. The molecule has 3 heterocycles. The summed E-state index contributed by atoms with van der Waals surface area (Å²) < 4.78 is 0.